The van der Waals surface area contributed by atoms with E-state index in [-0.39, 0.29) is 10.8 Å². The molecule has 0 saturated carbocycles. The lowest BCUT2D eigenvalue weighted by molar-refractivity contribution is 0.370. The first kappa shape index (κ1) is 25.6. The summed E-state index contributed by atoms with van der Waals surface area (Å²) in [7, 11) is -1.77. The van der Waals surface area contributed by atoms with Crippen LogP contribution < -0.4 is 13.6 Å². The molecule has 4 heteroatoms. The lowest BCUT2D eigenvalue weighted by Gasteiger charge is -2.32. The quantitative estimate of drug-likeness (QED) is 0.250. The van der Waals surface area contributed by atoms with Crippen LogP contribution in [0.25, 0.3) is 10.8 Å². The van der Waals surface area contributed by atoms with Crippen molar-refractivity contribution < 1.29 is 13.6 Å². The highest BCUT2D eigenvalue weighted by Gasteiger charge is 2.33. The van der Waals surface area contributed by atoms with Crippen LogP contribution in [0.3, 0.4) is 0 Å². The van der Waals surface area contributed by atoms with E-state index in [1.807, 2.05) is 18.2 Å². The summed E-state index contributed by atoms with van der Waals surface area (Å²) in [6.07, 6.45) is 0.749. The van der Waals surface area contributed by atoms with E-state index < -0.39 is 8.60 Å². The maximum atomic E-state index is 6.74. The largest absolute Gasteiger partial charge is 0.530 e. The van der Waals surface area contributed by atoms with Gasteiger partial charge in [0.05, 0.1) is 0 Å². The maximum absolute atomic E-state index is 6.74. The molecule has 0 unspecified atom stereocenters. The van der Waals surface area contributed by atoms with Crippen molar-refractivity contribution in [3.63, 3.8) is 0 Å². The molecule has 0 spiro atoms. The average molecular weight is 513 g/mol. The number of rotatable bonds is 2. The van der Waals surface area contributed by atoms with E-state index in [1.54, 1.807) is 0 Å². The molecule has 0 bridgehead atoms. The topological polar surface area (TPSA) is 27.7 Å². The van der Waals surface area contributed by atoms with E-state index in [0.717, 1.165) is 29.1 Å². The minimum atomic E-state index is -1.77. The van der Waals surface area contributed by atoms with E-state index in [1.165, 1.54) is 38.8 Å². The van der Waals surface area contributed by atoms with Crippen LogP contribution in [0.1, 0.15) is 74.9 Å². The van der Waals surface area contributed by atoms with Crippen LogP contribution in [-0.4, -0.2) is 0 Å². The molecule has 192 valence electrons. The van der Waals surface area contributed by atoms with Gasteiger partial charge in [-0.2, -0.15) is 0 Å². The molecule has 1 aliphatic rings. The normalized spacial score (nSPS) is 14.2. The minimum absolute atomic E-state index is 0.0920. The van der Waals surface area contributed by atoms with Crippen LogP contribution in [0.2, 0.25) is 0 Å². The van der Waals surface area contributed by atoms with Gasteiger partial charge in [0.25, 0.3) is 0 Å². The molecule has 37 heavy (non-hydrogen) atoms. The second kappa shape index (κ2) is 9.37. The van der Waals surface area contributed by atoms with Gasteiger partial charge in [-0.15, -0.1) is 0 Å². The zero-order valence-corrected chi connectivity index (χ0v) is 24.1. The summed E-state index contributed by atoms with van der Waals surface area (Å²) < 4.78 is 20.0. The minimum Gasteiger partial charge on any atom is -0.408 e. The van der Waals surface area contributed by atoms with Gasteiger partial charge in [-0.05, 0) is 58.7 Å². The Labute approximate surface area is 222 Å². The summed E-state index contributed by atoms with van der Waals surface area (Å²) in [5.41, 5.74) is 6.98. The maximum Gasteiger partial charge on any atom is 0.530 e. The van der Waals surface area contributed by atoms with Crippen LogP contribution in [0.15, 0.2) is 66.7 Å². The van der Waals surface area contributed by atoms with Crippen molar-refractivity contribution in [2.24, 2.45) is 0 Å². The Bertz CT molecular complexity index is 1400. The molecule has 3 nitrogen and oxygen atoms in total. The highest BCUT2D eigenvalue weighted by molar-refractivity contribution is 7.43. The van der Waals surface area contributed by atoms with Gasteiger partial charge in [0.2, 0.25) is 0 Å². The summed E-state index contributed by atoms with van der Waals surface area (Å²) in [6, 6.07) is 23.4. The molecule has 0 radical (unpaired) electrons. The Kier molecular flexibility index (Phi) is 6.49. The van der Waals surface area contributed by atoms with Crippen LogP contribution in [0.4, 0.5) is 0 Å². The molecule has 1 aliphatic heterocycles. The fraction of sp³-hybridized carbons (Fsp3) is 0.333. The zero-order valence-electron chi connectivity index (χ0n) is 23.2. The lowest BCUT2D eigenvalue weighted by Crippen LogP contribution is -2.19. The van der Waals surface area contributed by atoms with Gasteiger partial charge in [-0.25, -0.2) is 0 Å². The average Bonchev–Trinajstić information content (AvgIpc) is 2.79. The monoisotopic (exact) mass is 512 g/mol. The van der Waals surface area contributed by atoms with Crippen LogP contribution in [0, 0.1) is 13.8 Å². The molecule has 0 aromatic heterocycles. The molecule has 0 atom stereocenters. The van der Waals surface area contributed by atoms with Crippen molar-refractivity contribution in [2.75, 3.05) is 0 Å². The van der Waals surface area contributed by atoms with Crippen molar-refractivity contribution in [2.45, 2.75) is 72.6 Å². The van der Waals surface area contributed by atoms with Gasteiger partial charge in [-0.3, -0.25) is 0 Å². The molecule has 0 saturated heterocycles. The van der Waals surface area contributed by atoms with Crippen molar-refractivity contribution in [1.29, 1.82) is 0 Å². The van der Waals surface area contributed by atoms with E-state index in [9.17, 15) is 0 Å². The SMILES string of the molecule is Cc1cc2c(c(C(C)(C)C)c1)OP(Oc1ccc3ccccc3c1)Oc1c(cc(C)cc1C(C)(C)C)C2. The number of hydrogen-bond donors (Lipinski definition) is 0. The Morgan fingerprint density at radius 3 is 1.68 bits per heavy atom. The highest BCUT2D eigenvalue weighted by atomic mass is 31.2. The van der Waals surface area contributed by atoms with E-state index in [0.29, 0.717) is 0 Å². The van der Waals surface area contributed by atoms with Gasteiger partial charge >= 0.3 is 8.60 Å². The summed E-state index contributed by atoms with van der Waals surface area (Å²) >= 11 is 0. The standard InChI is InChI=1S/C33H37O3P/c1-21-15-25-19-26-16-22(2)18-29(33(6,7)8)31(26)36-37(35-30(25)28(17-21)32(3,4)5)34-27-14-13-23-11-9-10-12-24(23)20-27/h9-18,20H,19H2,1-8H3. The summed E-state index contributed by atoms with van der Waals surface area (Å²) in [5.74, 6) is 2.51. The van der Waals surface area contributed by atoms with Gasteiger partial charge < -0.3 is 13.6 Å². The van der Waals surface area contributed by atoms with Crippen molar-refractivity contribution in [3.05, 3.63) is 100 Å². The number of benzene rings is 4. The molecule has 5 rings (SSSR count). The van der Waals surface area contributed by atoms with Crippen LogP contribution in [-0.2, 0) is 17.3 Å². The predicted octanol–water partition coefficient (Wildman–Crippen LogP) is 9.72. The van der Waals surface area contributed by atoms with Crippen molar-refractivity contribution in [3.8, 4) is 17.2 Å². The molecular weight excluding hydrogens is 475 g/mol. The third kappa shape index (κ3) is 5.34. The van der Waals surface area contributed by atoms with Crippen molar-refractivity contribution in [1.82, 2.24) is 0 Å². The van der Waals surface area contributed by atoms with Gasteiger partial charge in [-0.1, -0.05) is 107 Å². The summed E-state index contributed by atoms with van der Waals surface area (Å²) in [6.45, 7) is 17.7. The van der Waals surface area contributed by atoms with E-state index >= 15 is 0 Å². The first-order chi connectivity index (χ1) is 17.4. The molecule has 4 aromatic carbocycles. The van der Waals surface area contributed by atoms with Gasteiger partial charge in [0.15, 0.2) is 0 Å². The Morgan fingerprint density at radius 1 is 0.649 bits per heavy atom. The third-order valence-electron chi connectivity index (χ3n) is 6.85. The summed E-state index contributed by atoms with van der Waals surface area (Å²) in [4.78, 5) is 0. The third-order valence-corrected chi connectivity index (χ3v) is 7.87. The van der Waals surface area contributed by atoms with E-state index in [2.05, 4.69) is 104 Å². The fourth-order valence-electron chi connectivity index (χ4n) is 5.01. The predicted molar refractivity (Wildman–Crippen MR) is 155 cm³/mol. The second-order valence-corrected chi connectivity index (χ2v) is 13.3. The molecule has 0 fully saturated rings. The second-order valence-electron chi connectivity index (χ2n) is 12.3. The molecule has 0 aliphatic carbocycles. The first-order valence-electron chi connectivity index (χ1n) is 13.0. The Balaban J connectivity index is 1.68. The van der Waals surface area contributed by atoms with Crippen LogP contribution >= 0.6 is 8.60 Å². The summed E-state index contributed by atoms with van der Waals surface area (Å²) in [5, 5.41) is 2.30. The number of aryl methyl sites for hydroxylation is 2. The molecule has 0 N–H and O–H groups in total. The Morgan fingerprint density at radius 2 is 1.16 bits per heavy atom. The number of hydrogen-bond acceptors (Lipinski definition) is 3. The zero-order chi connectivity index (χ0) is 26.5. The fourth-order valence-corrected chi connectivity index (χ4v) is 6.14. The molecule has 4 aromatic rings. The molecule has 0 amide bonds. The molecule has 1 heterocycles. The number of fused-ring (bicyclic) bond motifs is 3. The van der Waals surface area contributed by atoms with Gasteiger partial charge in [0, 0.05) is 17.5 Å². The lowest BCUT2D eigenvalue weighted by atomic mass is 9.81. The smallest absolute Gasteiger partial charge is 0.408 e. The molecular formula is C33H37O3P. The van der Waals surface area contributed by atoms with Crippen LogP contribution in [0.5, 0.6) is 17.2 Å². The highest BCUT2D eigenvalue weighted by Crippen LogP contribution is 2.52. The Hall–Kier alpha value is -3.03. The van der Waals surface area contributed by atoms with Gasteiger partial charge in [0.1, 0.15) is 17.2 Å². The first-order valence-corrected chi connectivity index (χ1v) is 14.1. The van der Waals surface area contributed by atoms with E-state index in [4.69, 9.17) is 13.6 Å². The van der Waals surface area contributed by atoms with Crippen molar-refractivity contribution >= 4 is 19.4 Å².